The summed E-state index contributed by atoms with van der Waals surface area (Å²) in [7, 11) is 1.44. The predicted molar refractivity (Wildman–Crippen MR) is 91.2 cm³/mol. The third-order valence-electron chi connectivity index (χ3n) is 3.98. The Bertz CT molecular complexity index is 900. The van der Waals surface area contributed by atoms with Crippen LogP contribution in [-0.2, 0) is 9.59 Å². The predicted octanol–water partition coefficient (Wildman–Crippen LogP) is 3.60. The van der Waals surface area contributed by atoms with E-state index in [1.165, 1.54) is 18.4 Å². The Labute approximate surface area is 151 Å². The van der Waals surface area contributed by atoms with E-state index in [4.69, 9.17) is 9.84 Å². The Hall–Kier alpha value is -2.81. The van der Waals surface area contributed by atoms with Gasteiger partial charge >= 0.3 is 5.97 Å². The molecule has 1 aliphatic carbocycles. The Balaban J connectivity index is 1.88. The minimum Gasteiger partial charge on any atom is -0.478 e. The van der Waals surface area contributed by atoms with Gasteiger partial charge in [-0.1, -0.05) is 11.3 Å². The Morgan fingerprint density at radius 3 is 2.46 bits per heavy atom. The number of rotatable bonds is 5. The second kappa shape index (κ2) is 7.20. The number of carbonyl (C=O) groups excluding carboxylic acids is 1. The van der Waals surface area contributed by atoms with Crippen LogP contribution in [0.3, 0.4) is 0 Å². The van der Waals surface area contributed by atoms with E-state index in [1.54, 1.807) is 5.38 Å². The van der Waals surface area contributed by atoms with Crippen LogP contribution in [0.5, 0.6) is 5.19 Å². The number of halogens is 2. The molecule has 0 spiro atoms. The highest BCUT2D eigenvalue weighted by Crippen LogP contribution is 2.32. The van der Waals surface area contributed by atoms with E-state index in [2.05, 4.69) is 10.3 Å². The minimum absolute atomic E-state index is 0.0190. The molecule has 1 aliphatic rings. The van der Waals surface area contributed by atoms with E-state index in [0.717, 1.165) is 12.1 Å². The number of aromatic nitrogens is 1. The Morgan fingerprint density at radius 2 is 1.88 bits per heavy atom. The average molecular weight is 380 g/mol. The molecule has 0 aliphatic heterocycles. The van der Waals surface area contributed by atoms with Crippen LogP contribution in [0.1, 0.15) is 19.3 Å². The van der Waals surface area contributed by atoms with Gasteiger partial charge in [-0.15, -0.1) is 0 Å². The number of thiazole rings is 1. The molecule has 0 radical (unpaired) electrons. The topological polar surface area (TPSA) is 88.5 Å². The zero-order valence-electron chi connectivity index (χ0n) is 13.6. The minimum atomic E-state index is -1.19. The van der Waals surface area contributed by atoms with Gasteiger partial charge in [0, 0.05) is 22.1 Å². The van der Waals surface area contributed by atoms with Crippen LogP contribution in [0.2, 0.25) is 0 Å². The smallest absolute Gasteiger partial charge is 0.332 e. The van der Waals surface area contributed by atoms with E-state index in [9.17, 15) is 18.4 Å². The third-order valence-corrected chi connectivity index (χ3v) is 4.78. The van der Waals surface area contributed by atoms with Crippen LogP contribution in [0, 0.1) is 11.6 Å². The summed E-state index contributed by atoms with van der Waals surface area (Å²) in [4.78, 5) is 27.4. The summed E-state index contributed by atoms with van der Waals surface area (Å²) < 4.78 is 33.6. The summed E-state index contributed by atoms with van der Waals surface area (Å²) in [6.07, 6.45) is 1.03. The van der Waals surface area contributed by atoms with E-state index in [0.29, 0.717) is 17.3 Å². The molecular formula is C17H14F2N2O4S. The van der Waals surface area contributed by atoms with Crippen molar-refractivity contribution in [1.29, 1.82) is 0 Å². The molecule has 1 heterocycles. The van der Waals surface area contributed by atoms with Crippen molar-refractivity contribution < 1.29 is 28.2 Å². The molecule has 2 N–H and O–H groups in total. The molecule has 26 heavy (non-hydrogen) atoms. The van der Waals surface area contributed by atoms with Gasteiger partial charge in [-0.05, 0) is 31.4 Å². The highest BCUT2D eigenvalue weighted by molar-refractivity contribution is 7.11. The van der Waals surface area contributed by atoms with E-state index >= 15 is 0 Å². The molecule has 1 amide bonds. The first-order valence-corrected chi connectivity index (χ1v) is 8.54. The number of amides is 1. The second-order valence-corrected chi connectivity index (χ2v) is 6.41. The lowest BCUT2D eigenvalue weighted by Crippen LogP contribution is -2.18. The highest BCUT2D eigenvalue weighted by atomic mass is 32.1. The van der Waals surface area contributed by atoms with Crippen LogP contribution in [0.15, 0.2) is 28.7 Å². The molecular weight excluding hydrogens is 366 g/mol. The molecule has 136 valence electrons. The van der Waals surface area contributed by atoms with Crippen LogP contribution in [-0.4, -0.2) is 29.1 Å². The molecule has 0 unspecified atom stereocenters. The second-order valence-electron chi connectivity index (χ2n) is 5.59. The quantitative estimate of drug-likeness (QED) is 0.827. The van der Waals surface area contributed by atoms with E-state index in [-0.39, 0.29) is 29.6 Å². The Morgan fingerprint density at radius 1 is 1.23 bits per heavy atom. The van der Waals surface area contributed by atoms with Gasteiger partial charge in [0.25, 0.3) is 11.1 Å². The number of aliphatic carboxylic acids is 1. The lowest BCUT2D eigenvalue weighted by molar-refractivity contribution is -0.133. The largest absolute Gasteiger partial charge is 0.478 e. The van der Waals surface area contributed by atoms with Crippen molar-refractivity contribution in [3.05, 3.63) is 40.3 Å². The number of carbonyl (C=O) groups is 2. The van der Waals surface area contributed by atoms with E-state index in [1.807, 2.05) is 0 Å². The number of hydrogen-bond donors (Lipinski definition) is 2. The monoisotopic (exact) mass is 380 g/mol. The summed E-state index contributed by atoms with van der Waals surface area (Å²) in [5.41, 5.74) is -0.0535. The standard InChI is InChI=1S/C17H14F2N2O4S/c1-25-17-20-13(7-26-17)8-5-11(18)14(12(19)6-8)21-15(22)9-3-2-4-10(9)16(23)24/h5-7H,2-4H2,1H3,(H,21,22)(H,23,24). The van der Waals surface area contributed by atoms with Gasteiger partial charge in [-0.2, -0.15) is 0 Å². The zero-order valence-corrected chi connectivity index (χ0v) is 14.5. The molecule has 9 heteroatoms. The van der Waals surface area contributed by atoms with Crippen molar-refractivity contribution in [1.82, 2.24) is 4.98 Å². The van der Waals surface area contributed by atoms with Crippen LogP contribution >= 0.6 is 11.3 Å². The van der Waals surface area contributed by atoms with Crippen molar-refractivity contribution in [2.75, 3.05) is 12.4 Å². The van der Waals surface area contributed by atoms with Crippen molar-refractivity contribution in [3.63, 3.8) is 0 Å². The summed E-state index contributed by atoms with van der Waals surface area (Å²) >= 11 is 1.18. The molecule has 2 aromatic rings. The van der Waals surface area contributed by atoms with E-state index < -0.39 is 29.2 Å². The van der Waals surface area contributed by atoms with Gasteiger partial charge in [0.15, 0.2) is 0 Å². The molecule has 1 aromatic heterocycles. The number of carboxylic acids is 1. The van der Waals surface area contributed by atoms with Gasteiger partial charge in [-0.25, -0.2) is 18.6 Å². The van der Waals surface area contributed by atoms with Crippen LogP contribution in [0.25, 0.3) is 11.3 Å². The lowest BCUT2D eigenvalue weighted by atomic mass is 10.1. The molecule has 1 aromatic carbocycles. The maximum absolute atomic E-state index is 14.3. The van der Waals surface area contributed by atoms with Crippen molar-refractivity contribution >= 4 is 28.9 Å². The first kappa shape index (κ1) is 18.0. The SMILES string of the molecule is COc1nc(-c2cc(F)c(NC(=O)C3=C(C(=O)O)CCC3)c(F)c2)cs1. The molecule has 0 fully saturated rings. The first-order chi connectivity index (χ1) is 12.4. The van der Waals surface area contributed by atoms with Gasteiger partial charge in [0.05, 0.1) is 12.8 Å². The summed E-state index contributed by atoms with van der Waals surface area (Å²) in [6, 6.07) is 2.10. The zero-order chi connectivity index (χ0) is 18.8. The molecule has 0 atom stereocenters. The van der Waals surface area contributed by atoms with Crippen molar-refractivity contribution in [3.8, 4) is 16.5 Å². The van der Waals surface area contributed by atoms with Crippen LogP contribution < -0.4 is 10.1 Å². The fourth-order valence-corrected chi connectivity index (χ4v) is 3.39. The molecule has 0 saturated heterocycles. The normalized spacial score (nSPS) is 13.8. The number of nitrogens with zero attached hydrogens (tertiary/aromatic N) is 1. The van der Waals surface area contributed by atoms with Crippen molar-refractivity contribution in [2.45, 2.75) is 19.3 Å². The number of carboxylic acid groups (broad SMARTS) is 1. The summed E-state index contributed by atoms with van der Waals surface area (Å²) in [6.45, 7) is 0. The third kappa shape index (κ3) is 3.43. The van der Waals surface area contributed by atoms with Gasteiger partial charge < -0.3 is 15.2 Å². The Kier molecular flexibility index (Phi) is 4.99. The molecule has 0 saturated carbocycles. The molecule has 6 nitrogen and oxygen atoms in total. The van der Waals surface area contributed by atoms with Gasteiger partial charge in [-0.3, -0.25) is 4.79 Å². The number of nitrogens with one attached hydrogen (secondary N) is 1. The fraction of sp³-hybridized carbons (Fsp3) is 0.235. The average Bonchev–Trinajstić information content (AvgIpc) is 3.26. The number of methoxy groups -OCH3 is 1. The van der Waals surface area contributed by atoms with Crippen LogP contribution in [0.4, 0.5) is 14.5 Å². The number of ether oxygens (including phenoxy) is 1. The molecule has 3 rings (SSSR count). The fourth-order valence-electron chi connectivity index (χ4n) is 2.74. The number of benzene rings is 1. The molecule has 0 bridgehead atoms. The van der Waals surface area contributed by atoms with Gasteiger partial charge in [0.1, 0.15) is 17.3 Å². The maximum Gasteiger partial charge on any atom is 0.332 e. The van der Waals surface area contributed by atoms with Gasteiger partial charge in [0.2, 0.25) is 0 Å². The summed E-state index contributed by atoms with van der Waals surface area (Å²) in [5.74, 6) is -3.95. The number of anilines is 1. The maximum atomic E-state index is 14.3. The first-order valence-electron chi connectivity index (χ1n) is 7.66. The summed E-state index contributed by atoms with van der Waals surface area (Å²) in [5, 5.41) is 13.2. The lowest BCUT2D eigenvalue weighted by Gasteiger charge is -2.10. The van der Waals surface area contributed by atoms with Crippen molar-refractivity contribution in [2.24, 2.45) is 0 Å². The number of hydrogen-bond acceptors (Lipinski definition) is 5. The highest BCUT2D eigenvalue weighted by Gasteiger charge is 2.26.